The Kier molecular flexibility index (Phi) is 6.25. The Morgan fingerprint density at radius 1 is 1.30 bits per heavy atom. The van der Waals surface area contributed by atoms with Gasteiger partial charge in [-0.05, 0) is 50.5 Å². The number of anilines is 1. The number of rotatable bonds is 6. The lowest BCUT2D eigenvalue weighted by molar-refractivity contribution is -0.114. The van der Waals surface area contributed by atoms with Gasteiger partial charge in [-0.25, -0.2) is 8.42 Å². The van der Waals surface area contributed by atoms with Crippen molar-refractivity contribution in [2.45, 2.75) is 49.6 Å². The van der Waals surface area contributed by atoms with Crippen LogP contribution in [-0.2, 0) is 20.4 Å². The average molecular weight is 416 g/mol. The number of aromatic nitrogens is 2. The lowest BCUT2D eigenvalue weighted by atomic mass is 9.77. The number of hydrogen-bond donors (Lipinski definition) is 3. The van der Waals surface area contributed by atoms with E-state index in [4.69, 9.17) is 10.3 Å². The van der Waals surface area contributed by atoms with Gasteiger partial charge in [-0.3, -0.25) is 4.79 Å². The van der Waals surface area contributed by atoms with E-state index in [-0.39, 0.29) is 29.1 Å². The molecule has 148 valence electrons. The minimum Gasteiger partial charge on any atom is -0.338 e. The Balaban J connectivity index is 0.00000261. The molecule has 0 spiro atoms. The van der Waals surface area contributed by atoms with E-state index in [0.29, 0.717) is 11.5 Å². The third-order valence-electron chi connectivity index (χ3n) is 4.32. The Hall–Kier alpha value is -2.01. The highest BCUT2D eigenvalue weighted by Gasteiger charge is 2.39. The number of amides is 1. The lowest BCUT2D eigenvalue weighted by Gasteiger charge is -2.34. The molecule has 1 aromatic carbocycles. The molecule has 0 bridgehead atoms. The number of carbonyl (C=O) groups excluding carboxylic acids is 1. The standard InChI is InChI=1S/C16H21N5O4S.ClH/c1-10(14-19-15(20-25-14)16(17)8-3-9-16)21-26(23,24)13-6-4-12(5-7-13)18-11(2)22;/h4-7,10,21H,3,8-9,17H2,1-2H3,(H,18,22);1H. The summed E-state index contributed by atoms with van der Waals surface area (Å²) < 4.78 is 32.7. The van der Waals surface area contributed by atoms with Crippen LogP contribution < -0.4 is 15.8 Å². The molecular weight excluding hydrogens is 394 g/mol. The summed E-state index contributed by atoms with van der Waals surface area (Å²) in [6.07, 6.45) is 2.58. The molecule has 1 unspecified atom stereocenters. The van der Waals surface area contributed by atoms with Gasteiger partial charge in [0.05, 0.1) is 16.5 Å². The van der Waals surface area contributed by atoms with Gasteiger partial charge in [0.25, 0.3) is 0 Å². The van der Waals surface area contributed by atoms with Crippen molar-refractivity contribution in [2.24, 2.45) is 5.73 Å². The maximum Gasteiger partial charge on any atom is 0.244 e. The molecule has 1 aliphatic rings. The minimum absolute atomic E-state index is 0. The fraction of sp³-hybridized carbons (Fsp3) is 0.438. The summed E-state index contributed by atoms with van der Waals surface area (Å²) >= 11 is 0. The molecule has 4 N–H and O–H groups in total. The van der Waals surface area contributed by atoms with Crippen LogP contribution in [-0.4, -0.2) is 24.5 Å². The molecule has 1 atom stereocenters. The van der Waals surface area contributed by atoms with Crippen LogP contribution in [0.3, 0.4) is 0 Å². The molecule has 3 rings (SSSR count). The van der Waals surface area contributed by atoms with Crippen LogP contribution in [0.4, 0.5) is 5.69 Å². The summed E-state index contributed by atoms with van der Waals surface area (Å²) in [5.41, 5.74) is 6.10. The highest BCUT2D eigenvalue weighted by Crippen LogP contribution is 2.37. The van der Waals surface area contributed by atoms with Crippen molar-refractivity contribution in [1.82, 2.24) is 14.9 Å². The van der Waals surface area contributed by atoms with Gasteiger partial charge in [-0.15, -0.1) is 12.4 Å². The fourth-order valence-corrected chi connectivity index (χ4v) is 3.86. The Morgan fingerprint density at radius 3 is 2.44 bits per heavy atom. The highest BCUT2D eigenvalue weighted by molar-refractivity contribution is 7.89. The Bertz CT molecular complexity index is 909. The molecule has 1 amide bonds. The summed E-state index contributed by atoms with van der Waals surface area (Å²) in [5, 5.41) is 6.47. The second-order valence-corrected chi connectivity index (χ2v) is 8.23. The van der Waals surface area contributed by atoms with Crippen molar-refractivity contribution in [1.29, 1.82) is 0 Å². The molecule has 0 aliphatic heterocycles. The monoisotopic (exact) mass is 415 g/mol. The summed E-state index contributed by atoms with van der Waals surface area (Å²) in [5.74, 6) is 0.336. The van der Waals surface area contributed by atoms with Crippen molar-refractivity contribution in [3.8, 4) is 0 Å². The van der Waals surface area contributed by atoms with Crippen LogP contribution in [0.15, 0.2) is 33.7 Å². The number of nitrogens with two attached hydrogens (primary N) is 1. The van der Waals surface area contributed by atoms with Gasteiger partial charge in [-0.2, -0.15) is 9.71 Å². The first-order chi connectivity index (χ1) is 12.2. The summed E-state index contributed by atoms with van der Waals surface area (Å²) in [6, 6.07) is 5.13. The van der Waals surface area contributed by atoms with Crippen molar-refractivity contribution in [2.75, 3.05) is 5.32 Å². The van der Waals surface area contributed by atoms with E-state index in [2.05, 4.69) is 20.2 Å². The largest absolute Gasteiger partial charge is 0.338 e. The molecule has 2 aromatic rings. The smallest absolute Gasteiger partial charge is 0.244 e. The molecule has 9 nitrogen and oxygen atoms in total. The second kappa shape index (κ2) is 7.93. The van der Waals surface area contributed by atoms with Gasteiger partial charge >= 0.3 is 0 Å². The first kappa shape index (κ1) is 21.3. The van der Waals surface area contributed by atoms with Crippen LogP contribution in [0.25, 0.3) is 0 Å². The zero-order chi connectivity index (χ0) is 18.9. The predicted molar refractivity (Wildman–Crippen MR) is 101 cm³/mol. The first-order valence-electron chi connectivity index (χ1n) is 8.23. The van der Waals surface area contributed by atoms with E-state index in [1.807, 2.05) is 0 Å². The minimum atomic E-state index is -3.79. The van der Waals surface area contributed by atoms with Gasteiger partial charge in [0, 0.05) is 12.6 Å². The summed E-state index contributed by atoms with van der Waals surface area (Å²) in [7, 11) is -3.79. The highest BCUT2D eigenvalue weighted by atomic mass is 35.5. The van der Waals surface area contributed by atoms with Crippen LogP contribution in [0.5, 0.6) is 0 Å². The van der Waals surface area contributed by atoms with Gasteiger partial charge in [0.1, 0.15) is 0 Å². The molecule has 1 fully saturated rings. The Morgan fingerprint density at radius 2 is 1.93 bits per heavy atom. The molecule has 0 saturated heterocycles. The van der Waals surface area contributed by atoms with Crippen molar-refractivity contribution in [3.63, 3.8) is 0 Å². The van der Waals surface area contributed by atoms with E-state index in [1.165, 1.54) is 31.2 Å². The number of halogens is 1. The van der Waals surface area contributed by atoms with E-state index in [0.717, 1.165) is 19.3 Å². The third kappa shape index (κ3) is 4.64. The van der Waals surface area contributed by atoms with E-state index in [1.54, 1.807) is 6.92 Å². The van der Waals surface area contributed by atoms with Crippen molar-refractivity contribution in [3.05, 3.63) is 36.0 Å². The number of nitrogens with one attached hydrogen (secondary N) is 2. The number of nitrogens with zero attached hydrogens (tertiary/aromatic N) is 2. The van der Waals surface area contributed by atoms with Gasteiger partial charge in [0.15, 0.2) is 5.82 Å². The molecule has 1 aromatic heterocycles. The van der Waals surface area contributed by atoms with Crippen LogP contribution in [0.1, 0.15) is 50.9 Å². The molecule has 0 radical (unpaired) electrons. The lowest BCUT2D eigenvalue weighted by Crippen LogP contribution is -2.44. The molecular formula is C16H22ClN5O4S. The number of carbonyl (C=O) groups is 1. The first-order valence-corrected chi connectivity index (χ1v) is 9.71. The summed E-state index contributed by atoms with van der Waals surface area (Å²) in [4.78, 5) is 15.3. The normalized spacial score (nSPS) is 16.7. The number of hydrogen-bond acceptors (Lipinski definition) is 7. The van der Waals surface area contributed by atoms with Gasteiger partial charge < -0.3 is 15.6 Å². The van der Waals surface area contributed by atoms with Crippen molar-refractivity contribution >= 4 is 34.0 Å². The maximum absolute atomic E-state index is 12.5. The van der Waals surface area contributed by atoms with E-state index >= 15 is 0 Å². The van der Waals surface area contributed by atoms with Crippen LogP contribution in [0.2, 0.25) is 0 Å². The quantitative estimate of drug-likeness (QED) is 0.653. The predicted octanol–water partition coefficient (Wildman–Crippen LogP) is 1.83. The Labute approximate surface area is 163 Å². The molecule has 27 heavy (non-hydrogen) atoms. The maximum atomic E-state index is 12.5. The number of benzene rings is 1. The topological polar surface area (TPSA) is 140 Å². The third-order valence-corrected chi connectivity index (χ3v) is 5.88. The van der Waals surface area contributed by atoms with Gasteiger partial charge in [0.2, 0.25) is 21.8 Å². The van der Waals surface area contributed by atoms with Crippen LogP contribution in [0, 0.1) is 0 Å². The average Bonchev–Trinajstić information content (AvgIpc) is 3.02. The number of sulfonamides is 1. The van der Waals surface area contributed by atoms with E-state index in [9.17, 15) is 13.2 Å². The second-order valence-electron chi connectivity index (χ2n) is 6.51. The zero-order valence-corrected chi connectivity index (χ0v) is 16.6. The molecule has 11 heteroatoms. The van der Waals surface area contributed by atoms with E-state index < -0.39 is 21.6 Å². The molecule has 1 heterocycles. The molecule has 1 saturated carbocycles. The summed E-state index contributed by atoms with van der Waals surface area (Å²) in [6.45, 7) is 2.99. The van der Waals surface area contributed by atoms with Crippen molar-refractivity contribution < 1.29 is 17.7 Å². The SMILES string of the molecule is CC(=O)Nc1ccc(S(=O)(=O)NC(C)c2nc(C3(N)CCC3)no2)cc1.Cl. The van der Waals surface area contributed by atoms with Crippen LogP contribution >= 0.6 is 12.4 Å². The zero-order valence-electron chi connectivity index (χ0n) is 14.9. The molecule has 1 aliphatic carbocycles. The fourth-order valence-electron chi connectivity index (χ4n) is 2.67. The van der Waals surface area contributed by atoms with Gasteiger partial charge in [-0.1, -0.05) is 5.16 Å².